The number of nitrogen functional groups attached to an aromatic ring is 1. The molecule has 0 aliphatic carbocycles. The van der Waals surface area contributed by atoms with Gasteiger partial charge in [-0.25, -0.2) is 4.79 Å². The van der Waals surface area contributed by atoms with Gasteiger partial charge in [-0.2, -0.15) is 5.26 Å². The highest BCUT2D eigenvalue weighted by molar-refractivity contribution is 5.95. The zero-order valence-corrected chi connectivity index (χ0v) is 9.67. The van der Waals surface area contributed by atoms with Gasteiger partial charge in [0.1, 0.15) is 0 Å². The number of hydrogen-bond donors (Lipinski definition) is 2. The number of nitrogens with two attached hydrogens (primary N) is 1. The van der Waals surface area contributed by atoms with E-state index in [0.29, 0.717) is 31.1 Å². The van der Waals surface area contributed by atoms with Gasteiger partial charge in [-0.05, 0) is 18.2 Å². The van der Waals surface area contributed by atoms with Crippen molar-refractivity contribution in [1.82, 2.24) is 0 Å². The van der Waals surface area contributed by atoms with Crippen molar-refractivity contribution in [2.75, 3.05) is 30.3 Å². The average Bonchev–Trinajstić information content (AvgIpc) is 2.38. The Morgan fingerprint density at radius 2 is 2.39 bits per heavy atom. The summed E-state index contributed by atoms with van der Waals surface area (Å²) in [5.41, 5.74) is 6.71. The maximum absolute atomic E-state index is 11.2. The van der Waals surface area contributed by atoms with E-state index in [0.717, 1.165) is 0 Å². The Balaban J connectivity index is 2.33. The van der Waals surface area contributed by atoms with E-state index in [1.165, 1.54) is 6.07 Å². The number of anilines is 2. The van der Waals surface area contributed by atoms with Crippen molar-refractivity contribution in [3.05, 3.63) is 23.8 Å². The van der Waals surface area contributed by atoms with Gasteiger partial charge in [0.05, 0.1) is 30.5 Å². The van der Waals surface area contributed by atoms with Gasteiger partial charge in [-0.1, -0.05) is 0 Å². The van der Waals surface area contributed by atoms with E-state index >= 15 is 0 Å². The molecule has 1 unspecified atom stereocenters. The topological polar surface area (TPSA) is 99.6 Å². The van der Waals surface area contributed by atoms with Crippen molar-refractivity contribution in [1.29, 1.82) is 5.26 Å². The lowest BCUT2D eigenvalue weighted by Crippen LogP contribution is -2.42. The molecule has 1 heterocycles. The van der Waals surface area contributed by atoms with Crippen molar-refractivity contribution in [2.24, 2.45) is 0 Å². The number of carboxylic acid groups (broad SMARTS) is 1. The highest BCUT2D eigenvalue weighted by Crippen LogP contribution is 2.25. The third-order valence-corrected chi connectivity index (χ3v) is 2.80. The first-order valence-corrected chi connectivity index (χ1v) is 5.51. The molecule has 1 fully saturated rings. The summed E-state index contributed by atoms with van der Waals surface area (Å²) < 4.78 is 5.23. The van der Waals surface area contributed by atoms with Crippen LogP contribution in [0.2, 0.25) is 0 Å². The second kappa shape index (κ2) is 4.94. The molecule has 1 aromatic carbocycles. The molecule has 94 valence electrons. The fourth-order valence-corrected chi connectivity index (χ4v) is 1.95. The molecule has 6 nitrogen and oxygen atoms in total. The molecule has 0 spiro atoms. The predicted molar refractivity (Wildman–Crippen MR) is 65.4 cm³/mol. The van der Waals surface area contributed by atoms with Crippen molar-refractivity contribution in [3.8, 4) is 6.07 Å². The quantitative estimate of drug-likeness (QED) is 0.746. The number of carbonyl (C=O) groups is 1. The lowest BCUT2D eigenvalue weighted by molar-refractivity contribution is 0.0688. The third kappa shape index (κ3) is 2.36. The first-order chi connectivity index (χ1) is 8.61. The smallest absolute Gasteiger partial charge is 0.337 e. The molecule has 0 amide bonds. The largest absolute Gasteiger partial charge is 0.478 e. The Hall–Kier alpha value is -2.26. The van der Waals surface area contributed by atoms with Gasteiger partial charge in [-0.3, -0.25) is 0 Å². The van der Waals surface area contributed by atoms with Crippen LogP contribution in [-0.2, 0) is 4.74 Å². The van der Waals surface area contributed by atoms with Crippen LogP contribution in [0.4, 0.5) is 11.4 Å². The average molecular weight is 247 g/mol. The summed E-state index contributed by atoms with van der Waals surface area (Å²) in [4.78, 5) is 13.0. The van der Waals surface area contributed by atoms with E-state index in [2.05, 4.69) is 0 Å². The maximum atomic E-state index is 11.2. The summed E-state index contributed by atoms with van der Waals surface area (Å²) in [5, 5.41) is 18.0. The van der Waals surface area contributed by atoms with Crippen molar-refractivity contribution in [2.45, 2.75) is 6.10 Å². The Labute approximate surface area is 104 Å². The number of ether oxygens (including phenoxy) is 1. The molecule has 1 aliphatic heterocycles. The Morgan fingerprint density at radius 3 is 3.06 bits per heavy atom. The second-order valence-corrected chi connectivity index (χ2v) is 4.02. The summed E-state index contributed by atoms with van der Waals surface area (Å²) in [6.45, 7) is 1.32. The van der Waals surface area contributed by atoms with Crippen LogP contribution in [0.25, 0.3) is 0 Å². The third-order valence-electron chi connectivity index (χ3n) is 2.80. The molecule has 0 saturated carbocycles. The van der Waals surface area contributed by atoms with Crippen LogP contribution < -0.4 is 10.6 Å². The molecule has 0 aromatic heterocycles. The van der Waals surface area contributed by atoms with E-state index < -0.39 is 12.1 Å². The summed E-state index contributed by atoms with van der Waals surface area (Å²) in [6, 6.07) is 6.77. The Kier molecular flexibility index (Phi) is 3.35. The molecular formula is C12H13N3O3. The molecule has 1 aliphatic rings. The summed E-state index contributed by atoms with van der Waals surface area (Å²) in [6.07, 6.45) is -0.530. The van der Waals surface area contributed by atoms with Crippen LogP contribution in [0.3, 0.4) is 0 Å². The number of morpholine rings is 1. The van der Waals surface area contributed by atoms with E-state index in [-0.39, 0.29) is 5.56 Å². The lowest BCUT2D eigenvalue weighted by Gasteiger charge is -2.32. The van der Waals surface area contributed by atoms with Crippen LogP contribution >= 0.6 is 0 Å². The zero-order chi connectivity index (χ0) is 13.1. The fourth-order valence-electron chi connectivity index (χ4n) is 1.95. The summed E-state index contributed by atoms with van der Waals surface area (Å²) in [5.74, 6) is -1.03. The molecular weight excluding hydrogens is 234 g/mol. The van der Waals surface area contributed by atoms with Crippen LogP contribution in [0.1, 0.15) is 10.4 Å². The van der Waals surface area contributed by atoms with Crippen molar-refractivity contribution in [3.63, 3.8) is 0 Å². The molecule has 1 atom stereocenters. The number of hydrogen-bond acceptors (Lipinski definition) is 5. The molecule has 6 heteroatoms. The highest BCUT2D eigenvalue weighted by Gasteiger charge is 2.23. The Morgan fingerprint density at radius 1 is 1.61 bits per heavy atom. The zero-order valence-electron chi connectivity index (χ0n) is 9.67. The van der Waals surface area contributed by atoms with Gasteiger partial charge in [0.15, 0.2) is 6.10 Å². The van der Waals surface area contributed by atoms with E-state index in [4.69, 9.17) is 20.8 Å². The minimum absolute atomic E-state index is 0.147. The predicted octanol–water partition coefficient (Wildman–Crippen LogP) is 0.696. The van der Waals surface area contributed by atoms with Crippen LogP contribution in [0.15, 0.2) is 18.2 Å². The van der Waals surface area contributed by atoms with Crippen LogP contribution in [0, 0.1) is 11.3 Å². The SMILES string of the molecule is N#CC1CN(c2ccc(N)cc2C(=O)O)CCO1. The first-order valence-electron chi connectivity index (χ1n) is 5.51. The Bertz CT molecular complexity index is 510. The van der Waals surface area contributed by atoms with Crippen LogP contribution in [-0.4, -0.2) is 36.9 Å². The molecule has 0 radical (unpaired) electrons. The van der Waals surface area contributed by atoms with Gasteiger partial charge in [0.25, 0.3) is 0 Å². The van der Waals surface area contributed by atoms with Gasteiger partial charge < -0.3 is 20.5 Å². The number of nitrogens with zero attached hydrogens (tertiary/aromatic N) is 2. The lowest BCUT2D eigenvalue weighted by atomic mass is 10.1. The standard InChI is InChI=1S/C12H13N3O3/c13-6-9-7-15(3-4-18-9)11-2-1-8(14)5-10(11)12(16)17/h1-2,5,9H,3-4,7,14H2,(H,16,17). The number of benzene rings is 1. The van der Waals surface area contributed by atoms with Crippen LogP contribution in [0.5, 0.6) is 0 Å². The number of aromatic carboxylic acids is 1. The minimum Gasteiger partial charge on any atom is -0.478 e. The molecule has 3 N–H and O–H groups in total. The van der Waals surface area contributed by atoms with E-state index in [1.54, 1.807) is 12.1 Å². The van der Waals surface area contributed by atoms with E-state index in [1.807, 2.05) is 11.0 Å². The summed E-state index contributed by atoms with van der Waals surface area (Å²) >= 11 is 0. The van der Waals surface area contributed by atoms with Crippen molar-refractivity contribution < 1.29 is 14.6 Å². The van der Waals surface area contributed by atoms with Gasteiger partial charge in [0, 0.05) is 12.2 Å². The van der Waals surface area contributed by atoms with Gasteiger partial charge in [-0.15, -0.1) is 0 Å². The summed E-state index contributed by atoms with van der Waals surface area (Å²) in [7, 11) is 0. The number of carboxylic acids is 1. The molecule has 1 aromatic rings. The first kappa shape index (κ1) is 12.2. The van der Waals surface area contributed by atoms with Gasteiger partial charge >= 0.3 is 5.97 Å². The molecule has 2 rings (SSSR count). The highest BCUT2D eigenvalue weighted by atomic mass is 16.5. The van der Waals surface area contributed by atoms with Gasteiger partial charge in [0.2, 0.25) is 0 Å². The van der Waals surface area contributed by atoms with E-state index in [9.17, 15) is 4.79 Å². The second-order valence-electron chi connectivity index (χ2n) is 4.02. The maximum Gasteiger partial charge on any atom is 0.337 e. The number of nitriles is 1. The normalized spacial score (nSPS) is 19.3. The molecule has 1 saturated heterocycles. The number of rotatable bonds is 2. The fraction of sp³-hybridized carbons (Fsp3) is 0.333. The minimum atomic E-state index is -1.03. The van der Waals surface area contributed by atoms with Crippen molar-refractivity contribution >= 4 is 17.3 Å². The molecule has 0 bridgehead atoms. The molecule has 18 heavy (non-hydrogen) atoms. The monoisotopic (exact) mass is 247 g/mol.